The highest BCUT2D eigenvalue weighted by molar-refractivity contribution is 7.94. The monoisotopic (exact) mass is 450 g/mol. The third-order valence-corrected chi connectivity index (χ3v) is 6.56. The summed E-state index contributed by atoms with van der Waals surface area (Å²) in [6, 6.07) is 15.3. The van der Waals surface area contributed by atoms with Crippen LogP contribution in [0.5, 0.6) is 0 Å². The topological polar surface area (TPSA) is 93.6 Å². The van der Waals surface area contributed by atoms with Crippen LogP contribution in [0.15, 0.2) is 66.1 Å². The number of aryl methyl sites for hydroxylation is 2. The van der Waals surface area contributed by atoms with Gasteiger partial charge in [-0.2, -0.15) is 0 Å². The van der Waals surface area contributed by atoms with Crippen molar-refractivity contribution >= 4 is 38.3 Å². The first kappa shape index (κ1) is 21.7. The smallest absolute Gasteiger partial charge is 0.339 e. The standard InChI is InChI=1S/C24H22N2O5S/c1-16-8-9-22-20(12-16)21(13-17(2)25-22)24(28)31-14-23(27)26(18-6-4-3-5-7-18)19-10-11-32(29,30)15-19/h3-13,19H,14-15H2,1-2H3. The van der Waals surface area contributed by atoms with E-state index in [4.69, 9.17) is 4.74 Å². The van der Waals surface area contributed by atoms with Crippen LogP contribution >= 0.6 is 0 Å². The van der Waals surface area contributed by atoms with Crippen LogP contribution in [-0.2, 0) is 19.4 Å². The molecule has 1 atom stereocenters. The van der Waals surface area contributed by atoms with Gasteiger partial charge in [0.2, 0.25) is 0 Å². The number of nitrogens with zero attached hydrogens (tertiary/aromatic N) is 2. The number of sulfone groups is 1. The molecule has 0 saturated heterocycles. The lowest BCUT2D eigenvalue weighted by molar-refractivity contribution is -0.121. The maximum atomic E-state index is 13.1. The number of carbonyl (C=O) groups excluding carboxylic acids is 2. The van der Waals surface area contributed by atoms with Crippen molar-refractivity contribution in [3.63, 3.8) is 0 Å². The van der Waals surface area contributed by atoms with Crippen molar-refractivity contribution in [2.75, 3.05) is 17.3 Å². The predicted octanol–water partition coefficient (Wildman–Crippen LogP) is 3.35. The van der Waals surface area contributed by atoms with Crippen LogP contribution in [-0.4, -0.2) is 43.7 Å². The molecule has 1 aliphatic rings. The number of ether oxygens (including phenoxy) is 1. The van der Waals surface area contributed by atoms with Gasteiger partial charge in [-0.25, -0.2) is 13.2 Å². The summed E-state index contributed by atoms with van der Waals surface area (Å²) in [5.41, 5.74) is 3.16. The summed E-state index contributed by atoms with van der Waals surface area (Å²) in [6.07, 6.45) is 1.48. The molecule has 0 radical (unpaired) electrons. The number of pyridine rings is 1. The van der Waals surface area contributed by atoms with E-state index in [9.17, 15) is 18.0 Å². The minimum Gasteiger partial charge on any atom is -0.452 e. The molecule has 0 aliphatic carbocycles. The molecular weight excluding hydrogens is 428 g/mol. The highest BCUT2D eigenvalue weighted by Gasteiger charge is 2.32. The van der Waals surface area contributed by atoms with Gasteiger partial charge < -0.3 is 9.64 Å². The molecule has 1 aromatic heterocycles. The van der Waals surface area contributed by atoms with Crippen molar-refractivity contribution in [3.8, 4) is 0 Å². The predicted molar refractivity (Wildman–Crippen MR) is 122 cm³/mol. The van der Waals surface area contributed by atoms with E-state index in [0.29, 0.717) is 27.8 Å². The Morgan fingerprint density at radius 2 is 1.84 bits per heavy atom. The van der Waals surface area contributed by atoms with Crippen LogP contribution in [0.25, 0.3) is 10.9 Å². The second kappa shape index (κ2) is 8.55. The molecule has 1 unspecified atom stereocenters. The van der Waals surface area contributed by atoms with Crippen LogP contribution in [0, 0.1) is 13.8 Å². The fourth-order valence-corrected chi connectivity index (χ4v) is 5.01. The van der Waals surface area contributed by atoms with Crippen molar-refractivity contribution < 1.29 is 22.7 Å². The Kier molecular flexibility index (Phi) is 5.80. The number of para-hydroxylation sites is 1. The summed E-state index contributed by atoms with van der Waals surface area (Å²) >= 11 is 0. The number of esters is 1. The average Bonchev–Trinajstić information content (AvgIpc) is 3.11. The van der Waals surface area contributed by atoms with Gasteiger partial charge >= 0.3 is 5.97 Å². The van der Waals surface area contributed by atoms with E-state index in [1.165, 1.54) is 11.0 Å². The SMILES string of the molecule is Cc1ccc2nc(C)cc(C(=O)OCC(=O)N(c3ccccc3)C3C=CS(=O)(=O)C3)c2c1. The van der Waals surface area contributed by atoms with E-state index in [1.54, 1.807) is 43.3 Å². The Morgan fingerprint density at radius 1 is 1.09 bits per heavy atom. The molecule has 2 aromatic carbocycles. The molecule has 0 N–H and O–H groups in total. The number of benzene rings is 2. The molecule has 0 saturated carbocycles. The molecule has 2 heterocycles. The third kappa shape index (κ3) is 4.55. The Labute approximate surface area is 186 Å². The van der Waals surface area contributed by atoms with E-state index < -0.39 is 34.4 Å². The molecule has 3 aromatic rings. The van der Waals surface area contributed by atoms with Gasteiger partial charge in [0.1, 0.15) is 0 Å². The molecule has 1 amide bonds. The summed E-state index contributed by atoms with van der Waals surface area (Å²) < 4.78 is 29.2. The molecule has 4 rings (SSSR count). The molecule has 0 spiro atoms. The van der Waals surface area contributed by atoms with E-state index in [1.807, 2.05) is 25.1 Å². The largest absolute Gasteiger partial charge is 0.452 e. The number of fused-ring (bicyclic) bond motifs is 1. The quantitative estimate of drug-likeness (QED) is 0.554. The summed E-state index contributed by atoms with van der Waals surface area (Å²) in [5.74, 6) is -1.36. The van der Waals surface area contributed by atoms with E-state index in [-0.39, 0.29) is 5.75 Å². The second-order valence-electron chi connectivity index (χ2n) is 7.73. The normalized spacial score (nSPS) is 16.8. The molecule has 1 aliphatic heterocycles. The molecule has 32 heavy (non-hydrogen) atoms. The van der Waals surface area contributed by atoms with Gasteiger partial charge in [-0.3, -0.25) is 9.78 Å². The Bertz CT molecular complexity index is 1330. The first-order valence-corrected chi connectivity index (χ1v) is 11.8. The van der Waals surface area contributed by atoms with Gasteiger partial charge in [0, 0.05) is 22.2 Å². The number of hydrogen-bond acceptors (Lipinski definition) is 6. The maximum absolute atomic E-state index is 13.1. The second-order valence-corrected chi connectivity index (χ2v) is 9.66. The average molecular weight is 451 g/mol. The van der Waals surface area contributed by atoms with Gasteiger partial charge in [0.25, 0.3) is 5.91 Å². The Balaban J connectivity index is 1.58. The Morgan fingerprint density at radius 3 is 2.53 bits per heavy atom. The van der Waals surface area contributed by atoms with Gasteiger partial charge in [-0.1, -0.05) is 29.8 Å². The summed E-state index contributed by atoms with van der Waals surface area (Å²) in [4.78, 5) is 31.7. The first-order valence-electron chi connectivity index (χ1n) is 10.1. The van der Waals surface area contributed by atoms with Gasteiger partial charge in [0.05, 0.1) is 22.9 Å². The summed E-state index contributed by atoms with van der Waals surface area (Å²) in [5, 5.41) is 1.76. The number of hydrogen-bond donors (Lipinski definition) is 0. The van der Waals surface area contributed by atoms with Crippen molar-refractivity contribution in [2.45, 2.75) is 19.9 Å². The molecule has 0 fully saturated rings. The molecule has 0 bridgehead atoms. The molecule has 7 nitrogen and oxygen atoms in total. The van der Waals surface area contributed by atoms with E-state index in [0.717, 1.165) is 11.0 Å². The fourth-order valence-electron chi connectivity index (χ4n) is 3.74. The van der Waals surface area contributed by atoms with E-state index in [2.05, 4.69) is 4.98 Å². The van der Waals surface area contributed by atoms with Crippen molar-refractivity contribution in [1.82, 2.24) is 4.98 Å². The number of anilines is 1. The third-order valence-electron chi connectivity index (χ3n) is 5.18. The Hall–Kier alpha value is -3.52. The summed E-state index contributed by atoms with van der Waals surface area (Å²) in [7, 11) is -3.38. The lowest BCUT2D eigenvalue weighted by Gasteiger charge is -2.27. The highest BCUT2D eigenvalue weighted by atomic mass is 32.2. The highest BCUT2D eigenvalue weighted by Crippen LogP contribution is 2.24. The van der Waals surface area contributed by atoms with Crippen LogP contribution in [0.2, 0.25) is 0 Å². The van der Waals surface area contributed by atoms with Crippen LogP contribution < -0.4 is 4.90 Å². The van der Waals surface area contributed by atoms with Gasteiger partial charge in [-0.05, 0) is 50.3 Å². The van der Waals surface area contributed by atoms with Crippen LogP contribution in [0.3, 0.4) is 0 Å². The molecule has 164 valence electrons. The van der Waals surface area contributed by atoms with Crippen molar-refractivity contribution in [1.29, 1.82) is 0 Å². The molecular formula is C24H22N2O5S. The zero-order valence-electron chi connectivity index (χ0n) is 17.7. The van der Waals surface area contributed by atoms with E-state index >= 15 is 0 Å². The minimum absolute atomic E-state index is 0.213. The van der Waals surface area contributed by atoms with Crippen molar-refractivity contribution in [2.24, 2.45) is 0 Å². The fraction of sp³-hybridized carbons (Fsp3) is 0.208. The summed E-state index contributed by atoms with van der Waals surface area (Å²) in [6.45, 7) is 3.18. The van der Waals surface area contributed by atoms with Gasteiger partial charge in [0.15, 0.2) is 16.4 Å². The number of amides is 1. The molecule has 8 heteroatoms. The number of rotatable bonds is 5. The van der Waals surface area contributed by atoms with Crippen LogP contribution in [0.1, 0.15) is 21.6 Å². The number of aromatic nitrogens is 1. The van der Waals surface area contributed by atoms with Crippen LogP contribution in [0.4, 0.5) is 5.69 Å². The zero-order chi connectivity index (χ0) is 22.9. The number of carbonyl (C=O) groups is 2. The van der Waals surface area contributed by atoms with Crippen molar-refractivity contribution in [3.05, 3.63) is 82.9 Å². The lowest BCUT2D eigenvalue weighted by atomic mass is 10.1. The zero-order valence-corrected chi connectivity index (χ0v) is 18.5. The maximum Gasteiger partial charge on any atom is 0.339 e. The first-order chi connectivity index (χ1) is 15.2. The van der Waals surface area contributed by atoms with Gasteiger partial charge in [-0.15, -0.1) is 0 Å². The minimum atomic E-state index is -3.38. The lowest BCUT2D eigenvalue weighted by Crippen LogP contribution is -2.43.